The summed E-state index contributed by atoms with van der Waals surface area (Å²) in [7, 11) is 4.19. The van der Waals surface area contributed by atoms with Crippen LogP contribution in [0.2, 0.25) is 0 Å². The quantitative estimate of drug-likeness (QED) is 0.874. The van der Waals surface area contributed by atoms with Crippen molar-refractivity contribution in [2.75, 3.05) is 20.6 Å². The predicted molar refractivity (Wildman–Crippen MR) is 82.0 cm³/mol. The van der Waals surface area contributed by atoms with E-state index in [0.717, 1.165) is 34.6 Å². The fourth-order valence-electron chi connectivity index (χ4n) is 2.63. The molecule has 0 aromatic carbocycles. The largest absolute Gasteiger partial charge is 0.329 e. The summed E-state index contributed by atoms with van der Waals surface area (Å²) < 4.78 is 2.85. The van der Waals surface area contributed by atoms with Crippen molar-refractivity contribution in [2.24, 2.45) is 5.41 Å². The van der Waals surface area contributed by atoms with E-state index in [9.17, 15) is 0 Å². The molecule has 0 fully saturated rings. The molecule has 0 aliphatic rings. The normalized spacial score (nSPS) is 12.5. The molecule has 4 nitrogen and oxygen atoms in total. The first-order valence-corrected chi connectivity index (χ1v) is 6.89. The van der Waals surface area contributed by atoms with Gasteiger partial charge in [-0.1, -0.05) is 13.8 Å². The average Bonchev–Trinajstić information content (AvgIpc) is 2.52. The lowest BCUT2D eigenvalue weighted by atomic mass is 9.93. The third-order valence-corrected chi connectivity index (χ3v) is 3.40. The van der Waals surface area contributed by atoms with Gasteiger partial charge < -0.3 is 14.5 Å². The Balaban J connectivity index is 2.40. The SMILES string of the molecule is Cc1cnc2c(c1)[nH]c(=S)n2CC(C)(C)CN(C)C. The third kappa shape index (κ3) is 3.22. The second kappa shape index (κ2) is 5.06. The summed E-state index contributed by atoms with van der Waals surface area (Å²) in [5.41, 5.74) is 3.25. The molecule has 0 spiro atoms. The lowest BCUT2D eigenvalue weighted by molar-refractivity contribution is 0.212. The summed E-state index contributed by atoms with van der Waals surface area (Å²) in [4.78, 5) is 9.97. The maximum atomic E-state index is 5.43. The van der Waals surface area contributed by atoms with Gasteiger partial charge in [0.25, 0.3) is 0 Å². The van der Waals surface area contributed by atoms with Crippen LogP contribution in [0.4, 0.5) is 0 Å². The van der Waals surface area contributed by atoms with Crippen molar-refractivity contribution in [1.29, 1.82) is 0 Å². The molecule has 0 aliphatic heterocycles. The first-order valence-electron chi connectivity index (χ1n) is 6.48. The molecule has 0 saturated heterocycles. The zero-order valence-corrected chi connectivity index (χ0v) is 13.1. The van der Waals surface area contributed by atoms with Crippen molar-refractivity contribution in [1.82, 2.24) is 19.4 Å². The van der Waals surface area contributed by atoms with E-state index >= 15 is 0 Å². The van der Waals surface area contributed by atoms with Gasteiger partial charge in [0.1, 0.15) is 0 Å². The van der Waals surface area contributed by atoms with E-state index in [4.69, 9.17) is 12.2 Å². The summed E-state index contributed by atoms with van der Waals surface area (Å²) in [6.07, 6.45) is 1.89. The maximum Gasteiger partial charge on any atom is 0.179 e. The van der Waals surface area contributed by atoms with Crippen molar-refractivity contribution >= 4 is 23.4 Å². The van der Waals surface area contributed by atoms with Gasteiger partial charge in [0, 0.05) is 19.3 Å². The molecule has 0 atom stereocenters. The van der Waals surface area contributed by atoms with Gasteiger partial charge in [-0.25, -0.2) is 4.98 Å². The van der Waals surface area contributed by atoms with Crippen LogP contribution in [0.25, 0.3) is 11.2 Å². The summed E-state index contributed by atoms with van der Waals surface area (Å²) >= 11 is 5.43. The van der Waals surface area contributed by atoms with Gasteiger partial charge in [0.05, 0.1) is 5.52 Å². The Morgan fingerprint density at radius 1 is 1.42 bits per heavy atom. The van der Waals surface area contributed by atoms with Crippen LogP contribution in [0.15, 0.2) is 12.3 Å². The Hall–Kier alpha value is -1.20. The number of nitrogens with one attached hydrogen (secondary N) is 1. The summed E-state index contributed by atoms with van der Waals surface area (Å²) in [5.74, 6) is 0. The number of H-pyrrole nitrogens is 1. The van der Waals surface area contributed by atoms with Crippen LogP contribution in [-0.2, 0) is 6.54 Å². The Kier molecular flexibility index (Phi) is 3.78. The fourth-order valence-corrected chi connectivity index (χ4v) is 2.89. The smallest absolute Gasteiger partial charge is 0.179 e. The lowest BCUT2D eigenvalue weighted by Gasteiger charge is -2.28. The Morgan fingerprint density at radius 2 is 2.11 bits per heavy atom. The monoisotopic (exact) mass is 278 g/mol. The molecule has 0 radical (unpaired) electrons. The molecule has 2 aromatic heterocycles. The summed E-state index contributed by atoms with van der Waals surface area (Å²) in [6, 6.07) is 2.09. The highest BCUT2D eigenvalue weighted by atomic mass is 32.1. The highest BCUT2D eigenvalue weighted by Gasteiger charge is 2.21. The zero-order chi connectivity index (χ0) is 14.2. The minimum Gasteiger partial charge on any atom is -0.329 e. The summed E-state index contributed by atoms with van der Waals surface area (Å²) in [5, 5.41) is 0. The van der Waals surface area contributed by atoms with E-state index in [1.165, 1.54) is 0 Å². The van der Waals surface area contributed by atoms with Crippen molar-refractivity contribution in [3.8, 4) is 0 Å². The van der Waals surface area contributed by atoms with Gasteiger partial charge in [-0.05, 0) is 50.3 Å². The third-order valence-electron chi connectivity index (χ3n) is 3.08. The van der Waals surface area contributed by atoms with Gasteiger partial charge in [0.15, 0.2) is 10.4 Å². The van der Waals surface area contributed by atoms with Crippen molar-refractivity contribution < 1.29 is 0 Å². The van der Waals surface area contributed by atoms with Crippen LogP contribution in [0.1, 0.15) is 19.4 Å². The number of hydrogen-bond acceptors (Lipinski definition) is 3. The molecular formula is C14H22N4S. The molecule has 19 heavy (non-hydrogen) atoms. The lowest BCUT2D eigenvalue weighted by Crippen LogP contribution is -2.32. The van der Waals surface area contributed by atoms with E-state index in [1.54, 1.807) is 0 Å². The van der Waals surface area contributed by atoms with Crippen LogP contribution in [0, 0.1) is 17.1 Å². The van der Waals surface area contributed by atoms with E-state index < -0.39 is 0 Å². The summed E-state index contributed by atoms with van der Waals surface area (Å²) in [6.45, 7) is 8.41. The molecule has 5 heteroatoms. The molecule has 2 aromatic rings. The van der Waals surface area contributed by atoms with Crippen LogP contribution < -0.4 is 0 Å². The molecule has 2 rings (SSSR count). The van der Waals surface area contributed by atoms with Crippen LogP contribution in [0.5, 0.6) is 0 Å². The van der Waals surface area contributed by atoms with Crippen LogP contribution >= 0.6 is 12.2 Å². The molecule has 0 saturated carbocycles. The van der Waals surface area contributed by atoms with Gasteiger partial charge in [-0.3, -0.25) is 0 Å². The standard InChI is InChI=1S/C14H22N4S/c1-10-6-11-12(15-7-10)18(13(19)16-11)9-14(2,3)8-17(4)5/h6-7H,8-9H2,1-5H3,(H,16,19). The maximum absolute atomic E-state index is 5.43. The molecule has 0 amide bonds. The van der Waals surface area contributed by atoms with Crippen LogP contribution in [-0.4, -0.2) is 40.1 Å². The fraction of sp³-hybridized carbons (Fsp3) is 0.571. The number of aryl methyl sites for hydroxylation is 1. The van der Waals surface area contributed by atoms with E-state index in [2.05, 4.69) is 53.4 Å². The number of hydrogen-bond donors (Lipinski definition) is 1. The van der Waals surface area contributed by atoms with E-state index in [1.807, 2.05) is 13.1 Å². The van der Waals surface area contributed by atoms with Crippen molar-refractivity contribution in [3.63, 3.8) is 0 Å². The number of imidazole rings is 1. The minimum absolute atomic E-state index is 0.142. The molecule has 0 unspecified atom stereocenters. The zero-order valence-electron chi connectivity index (χ0n) is 12.3. The Morgan fingerprint density at radius 3 is 2.74 bits per heavy atom. The molecule has 104 valence electrons. The second-order valence-corrected chi connectivity index (χ2v) is 6.69. The number of rotatable bonds is 4. The first kappa shape index (κ1) is 14.2. The minimum atomic E-state index is 0.142. The molecular weight excluding hydrogens is 256 g/mol. The molecule has 2 heterocycles. The predicted octanol–water partition coefficient (Wildman–Crippen LogP) is 2.99. The van der Waals surface area contributed by atoms with Gasteiger partial charge in [0.2, 0.25) is 0 Å². The van der Waals surface area contributed by atoms with Gasteiger partial charge in [-0.15, -0.1) is 0 Å². The number of fused-ring (bicyclic) bond motifs is 1. The van der Waals surface area contributed by atoms with Crippen LogP contribution in [0.3, 0.4) is 0 Å². The second-order valence-electron chi connectivity index (χ2n) is 6.30. The molecule has 1 N–H and O–H groups in total. The number of pyridine rings is 1. The Labute approximate surface area is 119 Å². The average molecular weight is 278 g/mol. The topological polar surface area (TPSA) is 36.9 Å². The van der Waals surface area contributed by atoms with Crippen molar-refractivity contribution in [3.05, 3.63) is 22.6 Å². The first-order chi connectivity index (χ1) is 8.78. The highest BCUT2D eigenvalue weighted by molar-refractivity contribution is 7.71. The van der Waals surface area contributed by atoms with Gasteiger partial charge >= 0.3 is 0 Å². The molecule has 0 bridgehead atoms. The van der Waals surface area contributed by atoms with E-state index in [0.29, 0.717) is 0 Å². The number of nitrogens with zero attached hydrogens (tertiary/aromatic N) is 3. The highest BCUT2D eigenvalue weighted by Crippen LogP contribution is 2.22. The van der Waals surface area contributed by atoms with Gasteiger partial charge in [-0.2, -0.15) is 0 Å². The molecule has 0 aliphatic carbocycles. The van der Waals surface area contributed by atoms with E-state index in [-0.39, 0.29) is 5.41 Å². The van der Waals surface area contributed by atoms with Crippen molar-refractivity contribution in [2.45, 2.75) is 27.3 Å². The number of aromatic nitrogens is 3. The Bertz CT molecular complexity index is 636. The number of aromatic amines is 1.